The Morgan fingerprint density at radius 2 is 1.36 bits per heavy atom. The van der Waals surface area contributed by atoms with Crippen LogP contribution in [0.5, 0.6) is 5.75 Å². The van der Waals surface area contributed by atoms with Gasteiger partial charge in [-0.3, -0.25) is 29.3 Å². The van der Waals surface area contributed by atoms with Crippen LogP contribution < -0.4 is 4.74 Å². The summed E-state index contributed by atoms with van der Waals surface area (Å²) in [6.07, 6.45) is 0.706. The number of amides is 3. The van der Waals surface area contributed by atoms with Gasteiger partial charge in [0.25, 0.3) is 23.4 Å². The second kappa shape index (κ2) is 12.1. The number of rotatable bonds is 8. The predicted molar refractivity (Wildman–Crippen MR) is 167 cm³/mol. The van der Waals surface area contributed by atoms with Crippen molar-refractivity contribution in [3.63, 3.8) is 0 Å². The standard InChI is InChI=1S/C31H22Br2ClN3O8/c32-26-21-13-22(27(26)33)25-24(21)29(40)36(30(25)41)35(28(39)16-1-7-18(34)8-2-16)14-23(38)15-5-11-20(12-6-15)45-31(42)17-3-9-19(10-4-17)37(43)44/h1-12,21-22,24-27H,13-14H2/t21-,22-,24-,25+,26+,27+/m1/s1. The molecule has 0 N–H and O–H groups in total. The number of carbonyl (C=O) groups is 5. The van der Waals surface area contributed by atoms with Crippen molar-refractivity contribution in [3.05, 3.63) is 105 Å². The van der Waals surface area contributed by atoms with E-state index in [2.05, 4.69) is 31.9 Å². The summed E-state index contributed by atoms with van der Waals surface area (Å²) in [5.74, 6) is -4.32. The average Bonchev–Trinajstić information content (AvgIpc) is 3.65. The lowest BCUT2D eigenvalue weighted by Crippen LogP contribution is -2.52. The lowest BCUT2D eigenvalue weighted by molar-refractivity contribution is -0.384. The number of hydrogen-bond donors (Lipinski definition) is 0. The number of hydrazine groups is 1. The van der Waals surface area contributed by atoms with Gasteiger partial charge in [0.15, 0.2) is 5.78 Å². The second-order valence-electron chi connectivity index (χ2n) is 11.0. The summed E-state index contributed by atoms with van der Waals surface area (Å²) >= 11 is 13.3. The molecule has 3 aromatic rings. The first-order chi connectivity index (χ1) is 21.5. The van der Waals surface area contributed by atoms with E-state index in [1.165, 1.54) is 72.8 Å². The number of benzene rings is 3. The summed E-state index contributed by atoms with van der Waals surface area (Å²) in [5, 5.41) is 13.0. The van der Waals surface area contributed by atoms with Crippen molar-refractivity contribution >= 4 is 78.6 Å². The van der Waals surface area contributed by atoms with Crippen molar-refractivity contribution in [1.29, 1.82) is 0 Å². The Hall–Kier alpha value is -3.94. The van der Waals surface area contributed by atoms with E-state index in [1.807, 2.05) is 0 Å². The molecule has 0 spiro atoms. The smallest absolute Gasteiger partial charge is 0.343 e. The van der Waals surface area contributed by atoms with Crippen LogP contribution in [0.15, 0.2) is 72.8 Å². The number of esters is 1. The number of fused-ring (bicyclic) bond motifs is 5. The highest BCUT2D eigenvalue weighted by molar-refractivity contribution is 9.12. The average molecular weight is 760 g/mol. The minimum Gasteiger partial charge on any atom is -0.423 e. The second-order valence-corrected chi connectivity index (χ2v) is 13.6. The van der Waals surface area contributed by atoms with Gasteiger partial charge in [-0.1, -0.05) is 43.5 Å². The monoisotopic (exact) mass is 757 g/mol. The van der Waals surface area contributed by atoms with Gasteiger partial charge in [-0.2, -0.15) is 5.01 Å². The molecule has 3 aliphatic rings. The van der Waals surface area contributed by atoms with Crippen molar-refractivity contribution in [2.24, 2.45) is 23.7 Å². The van der Waals surface area contributed by atoms with Crippen molar-refractivity contribution in [1.82, 2.24) is 10.0 Å². The zero-order chi connectivity index (χ0) is 32.2. The molecule has 3 amide bonds. The van der Waals surface area contributed by atoms with Crippen LogP contribution in [0, 0.1) is 33.8 Å². The van der Waals surface area contributed by atoms with Crippen LogP contribution in [0.3, 0.4) is 0 Å². The molecule has 0 aromatic heterocycles. The van der Waals surface area contributed by atoms with Gasteiger partial charge in [0.2, 0.25) is 0 Å². The SMILES string of the molecule is O=C(CN(C(=O)c1ccc(Cl)cc1)N1C(=O)[C@@H]2[C@H]3C[C@@H]([C@H](Br)[C@H]3Br)[C@@H]2C1=O)c1ccc(OC(=O)c2ccc([N+](=O)[O-])cc2)cc1. The van der Waals surface area contributed by atoms with Crippen molar-refractivity contribution in [2.45, 2.75) is 16.1 Å². The molecule has 14 heteroatoms. The van der Waals surface area contributed by atoms with Gasteiger partial charge in [-0.25, -0.2) is 9.80 Å². The van der Waals surface area contributed by atoms with E-state index in [1.54, 1.807) is 0 Å². The molecular formula is C31H22Br2ClN3O8. The van der Waals surface area contributed by atoms with E-state index < -0.39 is 52.8 Å². The Bertz CT molecular complexity index is 1700. The molecule has 2 bridgehead atoms. The molecule has 11 nitrogen and oxygen atoms in total. The number of Topliss-reactive ketones (excluding diaryl/α,β-unsaturated/α-hetero) is 1. The third-order valence-corrected chi connectivity index (χ3v) is 12.0. The number of carbonyl (C=O) groups excluding carboxylic acids is 5. The largest absolute Gasteiger partial charge is 0.423 e. The lowest BCUT2D eigenvalue weighted by Gasteiger charge is -2.31. The van der Waals surface area contributed by atoms with E-state index in [4.69, 9.17) is 16.3 Å². The first-order valence-corrected chi connectivity index (χ1v) is 16.0. The highest BCUT2D eigenvalue weighted by Gasteiger charge is 2.67. The molecule has 2 saturated carbocycles. The Morgan fingerprint density at radius 1 is 0.844 bits per heavy atom. The first kappa shape index (κ1) is 31.1. The molecule has 1 aliphatic heterocycles. The van der Waals surface area contributed by atoms with Crippen LogP contribution in [0.4, 0.5) is 5.69 Å². The molecule has 3 fully saturated rings. The van der Waals surface area contributed by atoms with Crippen molar-refractivity contribution in [2.75, 3.05) is 6.54 Å². The zero-order valence-electron chi connectivity index (χ0n) is 23.0. The Morgan fingerprint density at radius 3 is 1.89 bits per heavy atom. The summed E-state index contributed by atoms with van der Waals surface area (Å²) in [5.41, 5.74) is 0.191. The number of imide groups is 1. The van der Waals surface area contributed by atoms with Crippen molar-refractivity contribution < 1.29 is 33.6 Å². The van der Waals surface area contributed by atoms with Gasteiger partial charge < -0.3 is 4.74 Å². The molecule has 6 atom stereocenters. The van der Waals surface area contributed by atoms with Gasteiger partial charge >= 0.3 is 5.97 Å². The predicted octanol–water partition coefficient (Wildman–Crippen LogP) is 5.49. The van der Waals surface area contributed by atoms with E-state index in [0.29, 0.717) is 11.4 Å². The van der Waals surface area contributed by atoms with E-state index >= 15 is 0 Å². The van der Waals surface area contributed by atoms with Gasteiger partial charge in [0, 0.05) is 37.9 Å². The Labute approximate surface area is 277 Å². The number of hydrogen-bond acceptors (Lipinski definition) is 8. The van der Waals surface area contributed by atoms with Gasteiger partial charge in [-0.05, 0) is 78.9 Å². The van der Waals surface area contributed by atoms with E-state index in [-0.39, 0.29) is 49.6 Å². The highest BCUT2D eigenvalue weighted by Crippen LogP contribution is 2.60. The fourth-order valence-corrected chi connectivity index (χ4v) is 8.37. The fraction of sp³-hybridized carbons (Fsp3) is 0.258. The zero-order valence-corrected chi connectivity index (χ0v) is 27.0. The molecule has 0 radical (unpaired) electrons. The summed E-state index contributed by atoms with van der Waals surface area (Å²) in [4.78, 5) is 77.5. The van der Waals surface area contributed by atoms with Crippen LogP contribution >= 0.6 is 43.5 Å². The fourth-order valence-electron chi connectivity index (χ4n) is 6.37. The normalized spacial score (nSPS) is 24.8. The number of ketones is 1. The summed E-state index contributed by atoms with van der Waals surface area (Å²) in [6.45, 7) is -0.606. The van der Waals surface area contributed by atoms with Crippen LogP contribution in [0.25, 0.3) is 0 Å². The number of nitro benzene ring substituents is 1. The van der Waals surface area contributed by atoms with Gasteiger partial charge in [-0.15, -0.1) is 0 Å². The minimum atomic E-state index is -0.759. The summed E-state index contributed by atoms with van der Waals surface area (Å²) in [7, 11) is 0. The topological polar surface area (TPSA) is 144 Å². The molecular weight excluding hydrogens is 738 g/mol. The van der Waals surface area contributed by atoms with Crippen LogP contribution in [-0.4, -0.2) is 60.6 Å². The maximum absolute atomic E-state index is 13.8. The minimum absolute atomic E-state index is 0.00415. The molecule has 2 aliphatic carbocycles. The van der Waals surface area contributed by atoms with Gasteiger partial charge in [0.05, 0.1) is 22.3 Å². The number of alkyl halides is 2. The first-order valence-electron chi connectivity index (χ1n) is 13.8. The lowest BCUT2D eigenvalue weighted by atomic mass is 9.81. The molecule has 6 rings (SSSR count). The van der Waals surface area contributed by atoms with Crippen LogP contribution in [0.2, 0.25) is 5.02 Å². The third kappa shape index (κ3) is 5.57. The number of non-ortho nitro benzene ring substituents is 1. The number of nitrogens with zero attached hydrogens (tertiary/aromatic N) is 3. The van der Waals surface area contributed by atoms with Crippen LogP contribution in [0.1, 0.15) is 37.5 Å². The summed E-state index contributed by atoms with van der Waals surface area (Å²) in [6, 6.07) is 16.3. The summed E-state index contributed by atoms with van der Waals surface area (Å²) < 4.78 is 5.32. The molecule has 230 valence electrons. The molecule has 0 unspecified atom stereocenters. The number of nitro groups is 1. The molecule has 3 aromatic carbocycles. The maximum atomic E-state index is 13.8. The number of ether oxygens (including phenoxy) is 1. The Balaban J connectivity index is 1.22. The van der Waals surface area contributed by atoms with E-state index in [9.17, 15) is 34.1 Å². The van der Waals surface area contributed by atoms with E-state index in [0.717, 1.165) is 10.0 Å². The number of halogens is 3. The Kier molecular flexibility index (Phi) is 8.35. The highest BCUT2D eigenvalue weighted by atomic mass is 79.9. The van der Waals surface area contributed by atoms with Crippen LogP contribution in [-0.2, 0) is 9.59 Å². The molecule has 1 heterocycles. The third-order valence-electron chi connectivity index (χ3n) is 8.52. The molecule has 45 heavy (non-hydrogen) atoms. The molecule has 1 saturated heterocycles. The van der Waals surface area contributed by atoms with Gasteiger partial charge in [0.1, 0.15) is 12.3 Å². The maximum Gasteiger partial charge on any atom is 0.343 e. The van der Waals surface area contributed by atoms with Crippen molar-refractivity contribution in [3.8, 4) is 5.75 Å². The quantitative estimate of drug-likeness (QED) is 0.0559.